The monoisotopic (exact) mass is 200 g/mol. The quantitative estimate of drug-likeness (QED) is 0.679. The van der Waals surface area contributed by atoms with E-state index in [2.05, 4.69) is 40.8 Å². The van der Waals surface area contributed by atoms with E-state index in [0.29, 0.717) is 0 Å². The molecular formula is C13H16N2. The molecule has 0 atom stereocenters. The first-order valence-electron chi connectivity index (χ1n) is 5.71. The molecule has 0 unspecified atom stereocenters. The van der Waals surface area contributed by atoms with Crippen molar-refractivity contribution in [2.45, 2.75) is 24.8 Å². The number of hydrogen-bond donors (Lipinski definition) is 1. The van der Waals surface area contributed by atoms with Crippen molar-refractivity contribution in [3.8, 4) is 0 Å². The van der Waals surface area contributed by atoms with Gasteiger partial charge in [0.25, 0.3) is 0 Å². The minimum atomic E-state index is 0.236. The summed E-state index contributed by atoms with van der Waals surface area (Å²) in [5, 5.41) is 3.43. The topological polar surface area (TPSA) is 24.4 Å². The molecule has 1 fully saturated rings. The van der Waals surface area contributed by atoms with Crippen molar-refractivity contribution in [2.75, 3.05) is 13.1 Å². The van der Waals surface area contributed by atoms with Crippen LogP contribution in [0.5, 0.6) is 0 Å². The third kappa shape index (κ3) is 1.40. The van der Waals surface area contributed by atoms with Crippen molar-refractivity contribution < 1.29 is 0 Å². The van der Waals surface area contributed by atoms with E-state index in [1.54, 1.807) is 0 Å². The van der Waals surface area contributed by atoms with Gasteiger partial charge >= 0.3 is 0 Å². The molecule has 15 heavy (non-hydrogen) atoms. The summed E-state index contributed by atoms with van der Waals surface area (Å²) < 4.78 is 0. The van der Waals surface area contributed by atoms with Crippen LogP contribution in [0, 0.1) is 0 Å². The van der Waals surface area contributed by atoms with Crippen molar-refractivity contribution in [3.63, 3.8) is 0 Å². The average Bonchev–Trinajstić information content (AvgIpc) is 2.31. The van der Waals surface area contributed by atoms with Crippen LogP contribution in [0.3, 0.4) is 0 Å². The lowest BCUT2D eigenvalue weighted by Gasteiger charge is -2.38. The zero-order chi connectivity index (χ0) is 10.1. The van der Waals surface area contributed by atoms with Gasteiger partial charge in [0, 0.05) is 11.6 Å². The van der Waals surface area contributed by atoms with Gasteiger partial charge in [-0.25, -0.2) is 0 Å². The molecule has 1 N–H and O–H groups in total. The van der Waals surface area contributed by atoms with E-state index < -0.39 is 0 Å². The van der Waals surface area contributed by atoms with Crippen molar-refractivity contribution in [1.82, 2.24) is 5.32 Å². The summed E-state index contributed by atoms with van der Waals surface area (Å²) in [5.41, 5.74) is 3.17. The molecule has 3 rings (SSSR count). The molecule has 2 nitrogen and oxygen atoms in total. The molecule has 1 aromatic carbocycles. The number of rotatable bonds is 0. The van der Waals surface area contributed by atoms with E-state index in [0.717, 1.165) is 19.6 Å². The van der Waals surface area contributed by atoms with Crippen LogP contribution in [0.1, 0.15) is 24.0 Å². The highest BCUT2D eigenvalue weighted by molar-refractivity contribution is 5.76. The van der Waals surface area contributed by atoms with Crippen molar-refractivity contribution >= 4 is 6.21 Å². The molecular weight excluding hydrogens is 184 g/mol. The highest BCUT2D eigenvalue weighted by atomic mass is 14.9. The molecule has 1 spiro atoms. The number of nitrogens with one attached hydrogen (secondary N) is 1. The maximum atomic E-state index is 4.54. The summed E-state index contributed by atoms with van der Waals surface area (Å²) in [6.07, 6.45) is 4.58. The van der Waals surface area contributed by atoms with Gasteiger partial charge in [-0.15, -0.1) is 0 Å². The van der Waals surface area contributed by atoms with Gasteiger partial charge in [-0.2, -0.15) is 0 Å². The largest absolute Gasteiger partial charge is 0.317 e. The van der Waals surface area contributed by atoms with Crippen LogP contribution < -0.4 is 5.32 Å². The fraction of sp³-hybridized carbons (Fsp3) is 0.462. The molecule has 78 valence electrons. The first-order valence-corrected chi connectivity index (χ1v) is 5.71. The Bertz CT molecular complexity index is 389. The van der Waals surface area contributed by atoms with Crippen LogP contribution in [0.15, 0.2) is 29.3 Å². The average molecular weight is 200 g/mol. The summed E-state index contributed by atoms with van der Waals surface area (Å²) in [7, 11) is 0. The Morgan fingerprint density at radius 2 is 1.93 bits per heavy atom. The Balaban J connectivity index is 2.08. The van der Waals surface area contributed by atoms with Gasteiger partial charge in [-0.05, 0) is 37.1 Å². The van der Waals surface area contributed by atoms with Gasteiger partial charge in [-0.1, -0.05) is 24.3 Å². The van der Waals surface area contributed by atoms with Crippen LogP contribution in [0.4, 0.5) is 0 Å². The van der Waals surface area contributed by atoms with E-state index in [1.165, 1.54) is 24.0 Å². The number of nitrogens with zero attached hydrogens (tertiary/aromatic N) is 1. The number of piperidine rings is 1. The zero-order valence-corrected chi connectivity index (χ0v) is 8.87. The summed E-state index contributed by atoms with van der Waals surface area (Å²) in [4.78, 5) is 4.54. The van der Waals surface area contributed by atoms with E-state index in [9.17, 15) is 0 Å². The number of aliphatic imine (C=N–C) groups is 1. The fourth-order valence-corrected chi connectivity index (χ4v) is 2.80. The molecule has 0 saturated carbocycles. The van der Waals surface area contributed by atoms with Gasteiger partial charge in [0.15, 0.2) is 0 Å². The molecule has 0 aromatic heterocycles. The first-order chi connectivity index (χ1) is 7.41. The zero-order valence-electron chi connectivity index (χ0n) is 8.87. The third-order valence-electron chi connectivity index (χ3n) is 3.65. The minimum Gasteiger partial charge on any atom is -0.317 e. The molecule has 0 amide bonds. The van der Waals surface area contributed by atoms with Crippen LogP contribution in [-0.4, -0.2) is 19.3 Å². The highest BCUT2D eigenvalue weighted by Gasteiger charge is 2.35. The Morgan fingerprint density at radius 3 is 2.80 bits per heavy atom. The maximum Gasteiger partial charge on any atom is 0.0639 e. The standard InChI is InChI=1S/C13H16N2/c1-2-4-12-11(3-1)9-15-10-13(12)5-7-14-8-6-13/h1-4,10,14H,5-9H2. The van der Waals surface area contributed by atoms with Crippen molar-refractivity contribution in [2.24, 2.45) is 4.99 Å². The smallest absolute Gasteiger partial charge is 0.0639 e. The highest BCUT2D eigenvalue weighted by Crippen LogP contribution is 2.36. The lowest BCUT2D eigenvalue weighted by atomic mass is 9.71. The number of fused-ring (bicyclic) bond motifs is 2. The van der Waals surface area contributed by atoms with Crippen LogP contribution in [0.25, 0.3) is 0 Å². The van der Waals surface area contributed by atoms with Gasteiger partial charge < -0.3 is 5.32 Å². The van der Waals surface area contributed by atoms with Gasteiger partial charge in [-0.3, -0.25) is 4.99 Å². The van der Waals surface area contributed by atoms with E-state index in [4.69, 9.17) is 0 Å². The van der Waals surface area contributed by atoms with Gasteiger partial charge in [0.1, 0.15) is 0 Å². The molecule has 2 aliphatic heterocycles. The second-order valence-corrected chi connectivity index (χ2v) is 4.53. The number of benzene rings is 1. The summed E-state index contributed by atoms with van der Waals surface area (Å²) >= 11 is 0. The lowest BCUT2D eigenvalue weighted by molar-refractivity contribution is 0.396. The molecule has 2 aliphatic rings. The Hall–Kier alpha value is -1.15. The van der Waals surface area contributed by atoms with Crippen LogP contribution in [-0.2, 0) is 12.0 Å². The predicted octanol–water partition coefficient (Wildman–Crippen LogP) is 1.89. The lowest BCUT2D eigenvalue weighted by Crippen LogP contribution is -2.42. The van der Waals surface area contributed by atoms with Gasteiger partial charge in [0.05, 0.1) is 6.54 Å². The third-order valence-corrected chi connectivity index (χ3v) is 3.65. The molecule has 2 heterocycles. The van der Waals surface area contributed by atoms with Crippen LogP contribution >= 0.6 is 0 Å². The maximum absolute atomic E-state index is 4.54. The second-order valence-electron chi connectivity index (χ2n) is 4.53. The molecule has 1 aromatic rings. The molecule has 0 bridgehead atoms. The molecule has 0 aliphatic carbocycles. The molecule has 1 saturated heterocycles. The Kier molecular flexibility index (Phi) is 2.10. The van der Waals surface area contributed by atoms with Crippen LogP contribution in [0.2, 0.25) is 0 Å². The SMILES string of the molecule is C1=NCc2ccccc2C12CCNCC2. The molecule has 0 radical (unpaired) electrons. The Labute approximate surface area is 90.4 Å². The van der Waals surface area contributed by atoms with Gasteiger partial charge in [0.2, 0.25) is 0 Å². The predicted molar refractivity (Wildman–Crippen MR) is 62.4 cm³/mol. The summed E-state index contributed by atoms with van der Waals surface area (Å²) in [6, 6.07) is 8.78. The van der Waals surface area contributed by atoms with Crippen molar-refractivity contribution in [3.05, 3.63) is 35.4 Å². The molecule has 2 heteroatoms. The Morgan fingerprint density at radius 1 is 1.13 bits per heavy atom. The number of hydrogen-bond acceptors (Lipinski definition) is 2. The summed E-state index contributed by atoms with van der Waals surface area (Å²) in [6.45, 7) is 3.09. The fourth-order valence-electron chi connectivity index (χ4n) is 2.80. The van der Waals surface area contributed by atoms with Crippen molar-refractivity contribution in [1.29, 1.82) is 0 Å². The normalized spacial score (nSPS) is 22.7. The first kappa shape index (κ1) is 9.10. The minimum absolute atomic E-state index is 0.236. The van der Waals surface area contributed by atoms with E-state index >= 15 is 0 Å². The summed E-state index contributed by atoms with van der Waals surface area (Å²) in [5.74, 6) is 0. The van der Waals surface area contributed by atoms with E-state index in [1.807, 2.05) is 0 Å². The van der Waals surface area contributed by atoms with E-state index in [-0.39, 0.29) is 5.41 Å². The second kappa shape index (κ2) is 3.46.